The van der Waals surface area contributed by atoms with Gasteiger partial charge in [0, 0.05) is 28.2 Å². The number of hydrogen-bond acceptors (Lipinski definition) is 5. The lowest BCUT2D eigenvalue weighted by molar-refractivity contribution is -0.125. The summed E-state index contributed by atoms with van der Waals surface area (Å²) in [4.78, 5) is 26.6. The van der Waals surface area contributed by atoms with Crippen molar-refractivity contribution >= 4 is 44.3 Å². The van der Waals surface area contributed by atoms with Crippen LogP contribution in [0.25, 0.3) is 10.9 Å². The molecule has 1 aliphatic rings. The SMILES string of the molecule is COc1ccc2c(c1)c(CC(=O)N(CC1CC1)S(C)(=O)=O)c(C)n2C(=O)c1ccc(Cl)cc1. The smallest absolute Gasteiger partial charge is 0.262 e. The van der Waals surface area contributed by atoms with Crippen molar-refractivity contribution < 1.29 is 22.7 Å². The zero-order chi connectivity index (χ0) is 23.9. The highest BCUT2D eigenvalue weighted by molar-refractivity contribution is 7.88. The molecule has 0 spiro atoms. The number of carbonyl (C=O) groups excluding carboxylic acids is 2. The van der Waals surface area contributed by atoms with Crippen molar-refractivity contribution in [3.05, 3.63) is 64.3 Å². The van der Waals surface area contributed by atoms with Crippen LogP contribution in [0.15, 0.2) is 42.5 Å². The number of rotatable bonds is 7. The second kappa shape index (κ2) is 8.83. The molecule has 1 fully saturated rings. The average Bonchev–Trinajstić information content (AvgIpc) is 3.55. The molecule has 7 nitrogen and oxygen atoms in total. The fraction of sp³-hybridized carbons (Fsp3) is 0.333. The molecule has 3 aromatic rings. The largest absolute Gasteiger partial charge is 0.497 e. The quantitative estimate of drug-likeness (QED) is 0.501. The topological polar surface area (TPSA) is 85.7 Å². The second-order valence-corrected chi connectivity index (χ2v) is 10.7. The molecule has 0 atom stereocenters. The third-order valence-corrected chi connectivity index (χ3v) is 7.37. The number of benzene rings is 2. The summed E-state index contributed by atoms with van der Waals surface area (Å²) in [5.41, 5.74) is 2.23. The molecule has 2 aromatic carbocycles. The predicted molar refractivity (Wildman–Crippen MR) is 127 cm³/mol. The number of methoxy groups -OCH3 is 1. The molecule has 1 heterocycles. The van der Waals surface area contributed by atoms with Gasteiger partial charge in [-0.25, -0.2) is 12.7 Å². The summed E-state index contributed by atoms with van der Waals surface area (Å²) in [5.74, 6) is 0.0206. The van der Waals surface area contributed by atoms with Crippen LogP contribution < -0.4 is 4.74 Å². The van der Waals surface area contributed by atoms with Crippen LogP contribution in [0.3, 0.4) is 0 Å². The summed E-state index contributed by atoms with van der Waals surface area (Å²) in [6.45, 7) is 1.96. The van der Waals surface area contributed by atoms with Crippen molar-refractivity contribution in [1.29, 1.82) is 0 Å². The van der Waals surface area contributed by atoms with Crippen LogP contribution in [0.1, 0.15) is 34.5 Å². The average molecular weight is 489 g/mol. The maximum absolute atomic E-state index is 13.4. The van der Waals surface area contributed by atoms with Gasteiger partial charge in [0.25, 0.3) is 5.91 Å². The standard InChI is InChI=1S/C24H25ClN2O5S/c1-15-20(13-23(28)26(33(3,30)31)14-16-4-5-16)21-12-19(32-2)10-11-22(21)27(15)24(29)17-6-8-18(25)9-7-17/h6-12,16H,4-5,13-14H2,1-3H3. The second-order valence-electron chi connectivity index (χ2n) is 8.40. The van der Waals surface area contributed by atoms with Gasteiger partial charge in [0.2, 0.25) is 15.9 Å². The van der Waals surface area contributed by atoms with E-state index >= 15 is 0 Å². The van der Waals surface area contributed by atoms with E-state index in [9.17, 15) is 18.0 Å². The zero-order valence-corrected chi connectivity index (χ0v) is 20.2. The summed E-state index contributed by atoms with van der Waals surface area (Å²) in [5, 5.41) is 1.19. The zero-order valence-electron chi connectivity index (χ0n) is 18.7. The lowest BCUT2D eigenvalue weighted by Gasteiger charge is -2.20. The van der Waals surface area contributed by atoms with Gasteiger partial charge in [0.1, 0.15) is 5.75 Å². The monoisotopic (exact) mass is 488 g/mol. The highest BCUT2D eigenvalue weighted by Crippen LogP contribution is 2.33. The molecule has 4 rings (SSSR count). The molecule has 0 radical (unpaired) electrons. The number of sulfonamides is 1. The van der Waals surface area contributed by atoms with Crippen LogP contribution in [0.4, 0.5) is 0 Å². The van der Waals surface area contributed by atoms with Crippen molar-refractivity contribution in [3.8, 4) is 5.75 Å². The molecule has 1 saturated carbocycles. The maximum atomic E-state index is 13.4. The fourth-order valence-corrected chi connectivity index (χ4v) is 5.03. The molecule has 0 aliphatic heterocycles. The van der Waals surface area contributed by atoms with Crippen LogP contribution in [-0.2, 0) is 21.2 Å². The Balaban J connectivity index is 1.80. The highest BCUT2D eigenvalue weighted by Gasteiger charge is 2.33. The Labute approximate surface area is 197 Å². The molecule has 0 N–H and O–H groups in total. The summed E-state index contributed by atoms with van der Waals surface area (Å²) < 4.78 is 32.5. The molecule has 174 valence electrons. The minimum Gasteiger partial charge on any atom is -0.497 e. The number of nitrogens with zero attached hydrogens (tertiary/aromatic N) is 2. The first-order valence-corrected chi connectivity index (χ1v) is 12.8. The summed E-state index contributed by atoms with van der Waals surface area (Å²) >= 11 is 5.97. The summed E-state index contributed by atoms with van der Waals surface area (Å²) in [6, 6.07) is 11.9. The van der Waals surface area contributed by atoms with E-state index in [1.807, 2.05) is 0 Å². The first-order valence-electron chi connectivity index (χ1n) is 10.6. The van der Waals surface area contributed by atoms with E-state index in [1.54, 1.807) is 54.0 Å². The minimum atomic E-state index is -3.70. The van der Waals surface area contributed by atoms with Gasteiger partial charge in [-0.15, -0.1) is 0 Å². The van der Waals surface area contributed by atoms with Gasteiger partial charge in [0.15, 0.2) is 0 Å². The molecule has 1 aliphatic carbocycles. The fourth-order valence-electron chi connectivity index (χ4n) is 3.99. The van der Waals surface area contributed by atoms with E-state index in [-0.39, 0.29) is 24.8 Å². The van der Waals surface area contributed by atoms with E-state index in [0.29, 0.717) is 38.5 Å². The van der Waals surface area contributed by atoms with E-state index in [1.165, 1.54) is 7.11 Å². The number of amides is 1. The number of carbonyl (C=O) groups is 2. The lowest BCUT2D eigenvalue weighted by Crippen LogP contribution is -2.38. The van der Waals surface area contributed by atoms with Gasteiger partial charge in [-0.05, 0) is 73.7 Å². The Morgan fingerprint density at radius 2 is 1.82 bits per heavy atom. The Morgan fingerprint density at radius 1 is 1.15 bits per heavy atom. The number of hydrogen-bond donors (Lipinski definition) is 0. The third-order valence-electron chi connectivity index (χ3n) is 5.96. The van der Waals surface area contributed by atoms with Crippen molar-refractivity contribution in [3.63, 3.8) is 0 Å². The number of aromatic nitrogens is 1. The first kappa shape index (κ1) is 23.3. The van der Waals surface area contributed by atoms with Crippen LogP contribution in [-0.4, -0.2) is 49.0 Å². The molecule has 0 unspecified atom stereocenters. The molecule has 9 heteroatoms. The maximum Gasteiger partial charge on any atom is 0.262 e. The summed E-state index contributed by atoms with van der Waals surface area (Å²) in [7, 11) is -2.16. The van der Waals surface area contributed by atoms with E-state index < -0.39 is 15.9 Å². The van der Waals surface area contributed by atoms with Crippen LogP contribution in [0, 0.1) is 12.8 Å². The van der Waals surface area contributed by atoms with Gasteiger partial charge in [0.05, 0.1) is 25.3 Å². The van der Waals surface area contributed by atoms with Crippen molar-refractivity contribution in [1.82, 2.24) is 8.87 Å². The Hall–Kier alpha value is -2.84. The number of ether oxygens (including phenoxy) is 1. The number of fused-ring (bicyclic) bond motifs is 1. The minimum absolute atomic E-state index is 0.143. The molecule has 0 saturated heterocycles. The highest BCUT2D eigenvalue weighted by atomic mass is 35.5. The third kappa shape index (κ3) is 4.77. The van der Waals surface area contributed by atoms with Crippen LogP contribution in [0.5, 0.6) is 5.75 Å². The van der Waals surface area contributed by atoms with Gasteiger partial charge in [-0.2, -0.15) is 0 Å². The van der Waals surface area contributed by atoms with Gasteiger partial charge < -0.3 is 4.74 Å². The van der Waals surface area contributed by atoms with Gasteiger partial charge >= 0.3 is 0 Å². The predicted octanol–water partition coefficient (Wildman–Crippen LogP) is 4.04. The van der Waals surface area contributed by atoms with Crippen LogP contribution >= 0.6 is 11.6 Å². The van der Waals surface area contributed by atoms with Gasteiger partial charge in [-0.1, -0.05) is 11.6 Å². The molecule has 0 bridgehead atoms. The molecule has 1 aromatic heterocycles. The molecular weight excluding hydrogens is 464 g/mol. The Bertz CT molecular complexity index is 1340. The van der Waals surface area contributed by atoms with Crippen molar-refractivity contribution in [2.24, 2.45) is 5.92 Å². The van der Waals surface area contributed by atoms with Gasteiger partial charge in [-0.3, -0.25) is 14.2 Å². The molecule has 33 heavy (non-hydrogen) atoms. The summed E-state index contributed by atoms with van der Waals surface area (Å²) in [6.07, 6.45) is 2.75. The van der Waals surface area contributed by atoms with Crippen molar-refractivity contribution in [2.75, 3.05) is 19.9 Å². The first-order chi connectivity index (χ1) is 15.6. The number of halogens is 1. The van der Waals surface area contributed by atoms with Crippen molar-refractivity contribution in [2.45, 2.75) is 26.2 Å². The van der Waals surface area contributed by atoms with E-state index in [2.05, 4.69) is 0 Å². The molecular formula is C24H25ClN2O5S. The Kier molecular flexibility index (Phi) is 6.24. The van der Waals surface area contributed by atoms with E-state index in [4.69, 9.17) is 16.3 Å². The normalized spacial score (nSPS) is 13.8. The Morgan fingerprint density at radius 3 is 2.39 bits per heavy atom. The lowest BCUT2D eigenvalue weighted by atomic mass is 10.1. The van der Waals surface area contributed by atoms with E-state index in [0.717, 1.165) is 23.4 Å². The van der Waals surface area contributed by atoms with Crippen LogP contribution in [0.2, 0.25) is 5.02 Å². The molecule has 1 amide bonds.